The summed E-state index contributed by atoms with van der Waals surface area (Å²) in [5.41, 5.74) is 0. The Bertz CT molecular complexity index is 244. The molecule has 2 aliphatic rings. The number of nitrogens with one attached hydrogen (secondary N) is 1. The van der Waals surface area contributed by atoms with Crippen molar-refractivity contribution in [2.75, 3.05) is 26.4 Å². The highest BCUT2D eigenvalue weighted by Crippen LogP contribution is 2.28. The van der Waals surface area contributed by atoms with Gasteiger partial charge in [0, 0.05) is 19.3 Å². The standard InChI is InChI=1S/C15H29NO3/c1-3-8-16-13-10-14(15(13)17-4-2)19-11-12-7-5-6-9-18-12/h12-16H,3-11H2,1-2H3. The zero-order valence-corrected chi connectivity index (χ0v) is 12.4. The van der Waals surface area contributed by atoms with E-state index in [0.29, 0.717) is 12.1 Å². The van der Waals surface area contributed by atoms with Gasteiger partial charge in [0.1, 0.15) is 0 Å². The summed E-state index contributed by atoms with van der Waals surface area (Å²) in [5.74, 6) is 0. The van der Waals surface area contributed by atoms with E-state index in [-0.39, 0.29) is 12.2 Å². The maximum atomic E-state index is 6.00. The summed E-state index contributed by atoms with van der Waals surface area (Å²) in [7, 11) is 0. The highest BCUT2D eigenvalue weighted by molar-refractivity contribution is 4.97. The van der Waals surface area contributed by atoms with Crippen LogP contribution in [-0.2, 0) is 14.2 Å². The molecule has 0 aromatic heterocycles. The molecular weight excluding hydrogens is 242 g/mol. The largest absolute Gasteiger partial charge is 0.376 e. The quantitative estimate of drug-likeness (QED) is 0.734. The molecule has 0 aromatic rings. The van der Waals surface area contributed by atoms with Gasteiger partial charge in [0.2, 0.25) is 0 Å². The van der Waals surface area contributed by atoms with E-state index in [1.807, 2.05) is 0 Å². The normalized spacial score (nSPS) is 35.1. The van der Waals surface area contributed by atoms with Gasteiger partial charge in [-0.15, -0.1) is 0 Å². The molecule has 1 aliphatic heterocycles. The molecule has 0 radical (unpaired) electrons. The topological polar surface area (TPSA) is 39.7 Å². The van der Waals surface area contributed by atoms with Crippen molar-refractivity contribution in [2.24, 2.45) is 0 Å². The van der Waals surface area contributed by atoms with Crippen LogP contribution in [0.5, 0.6) is 0 Å². The predicted octanol–water partition coefficient (Wildman–Crippen LogP) is 2.12. The second kappa shape index (κ2) is 8.20. The van der Waals surface area contributed by atoms with Gasteiger partial charge in [-0.1, -0.05) is 6.92 Å². The van der Waals surface area contributed by atoms with E-state index in [2.05, 4.69) is 19.2 Å². The first kappa shape index (κ1) is 15.2. The second-order valence-corrected chi connectivity index (χ2v) is 5.58. The van der Waals surface area contributed by atoms with Crippen LogP contribution in [0.2, 0.25) is 0 Å². The number of hydrogen-bond donors (Lipinski definition) is 1. The molecular formula is C15H29NO3. The van der Waals surface area contributed by atoms with Crippen LogP contribution in [0.3, 0.4) is 0 Å². The van der Waals surface area contributed by atoms with Crippen molar-refractivity contribution in [2.45, 2.75) is 70.3 Å². The Morgan fingerprint density at radius 1 is 1.21 bits per heavy atom. The van der Waals surface area contributed by atoms with E-state index in [0.717, 1.165) is 45.6 Å². The molecule has 1 N–H and O–H groups in total. The lowest BCUT2D eigenvalue weighted by atomic mass is 9.85. The van der Waals surface area contributed by atoms with Gasteiger partial charge in [-0.05, 0) is 45.6 Å². The van der Waals surface area contributed by atoms with E-state index >= 15 is 0 Å². The molecule has 0 amide bonds. The zero-order valence-electron chi connectivity index (χ0n) is 12.4. The van der Waals surface area contributed by atoms with E-state index in [1.54, 1.807) is 0 Å². The van der Waals surface area contributed by atoms with Crippen LogP contribution in [0, 0.1) is 0 Å². The van der Waals surface area contributed by atoms with Crippen molar-refractivity contribution in [3.63, 3.8) is 0 Å². The molecule has 0 bridgehead atoms. The first-order valence-corrected chi connectivity index (χ1v) is 7.93. The fourth-order valence-corrected chi connectivity index (χ4v) is 2.86. The van der Waals surface area contributed by atoms with Crippen molar-refractivity contribution < 1.29 is 14.2 Å². The third kappa shape index (κ3) is 4.42. The lowest BCUT2D eigenvalue weighted by molar-refractivity contribution is -0.163. The predicted molar refractivity (Wildman–Crippen MR) is 75.4 cm³/mol. The van der Waals surface area contributed by atoms with Gasteiger partial charge in [0.25, 0.3) is 0 Å². The zero-order chi connectivity index (χ0) is 13.5. The first-order valence-electron chi connectivity index (χ1n) is 7.93. The Labute approximate surface area is 117 Å². The third-order valence-corrected chi connectivity index (χ3v) is 4.04. The van der Waals surface area contributed by atoms with Crippen molar-refractivity contribution in [1.29, 1.82) is 0 Å². The molecule has 19 heavy (non-hydrogen) atoms. The van der Waals surface area contributed by atoms with E-state index < -0.39 is 0 Å². The van der Waals surface area contributed by atoms with E-state index in [1.165, 1.54) is 12.8 Å². The van der Waals surface area contributed by atoms with Crippen LogP contribution < -0.4 is 5.32 Å². The SMILES string of the molecule is CCCNC1CC(OCC2CCCCO2)C1OCC. The Balaban J connectivity index is 1.67. The van der Waals surface area contributed by atoms with Gasteiger partial charge < -0.3 is 19.5 Å². The molecule has 1 aliphatic carbocycles. The van der Waals surface area contributed by atoms with Crippen molar-refractivity contribution >= 4 is 0 Å². The molecule has 4 nitrogen and oxygen atoms in total. The molecule has 2 fully saturated rings. The molecule has 2 rings (SSSR count). The maximum absolute atomic E-state index is 6.00. The summed E-state index contributed by atoms with van der Waals surface area (Å²) in [6, 6.07) is 0.470. The van der Waals surface area contributed by atoms with Crippen molar-refractivity contribution in [3.8, 4) is 0 Å². The van der Waals surface area contributed by atoms with E-state index in [9.17, 15) is 0 Å². The molecule has 0 aromatic carbocycles. The number of ether oxygens (including phenoxy) is 3. The lowest BCUT2D eigenvalue weighted by Crippen LogP contribution is -2.60. The summed E-state index contributed by atoms with van der Waals surface area (Å²) in [4.78, 5) is 0. The smallest absolute Gasteiger partial charge is 0.0990 e. The van der Waals surface area contributed by atoms with Crippen molar-refractivity contribution in [1.82, 2.24) is 5.32 Å². The highest BCUT2D eigenvalue weighted by Gasteiger charge is 2.42. The monoisotopic (exact) mass is 271 g/mol. The molecule has 112 valence electrons. The molecule has 4 atom stereocenters. The molecule has 1 saturated heterocycles. The summed E-state index contributed by atoms with van der Waals surface area (Å²) in [6.45, 7) is 7.69. The van der Waals surface area contributed by atoms with Gasteiger partial charge in [-0.25, -0.2) is 0 Å². The second-order valence-electron chi connectivity index (χ2n) is 5.58. The summed E-state index contributed by atoms with van der Waals surface area (Å²) < 4.78 is 17.5. The van der Waals surface area contributed by atoms with Gasteiger partial charge in [-0.2, -0.15) is 0 Å². The average molecular weight is 271 g/mol. The van der Waals surface area contributed by atoms with Gasteiger partial charge in [0.15, 0.2) is 0 Å². The van der Waals surface area contributed by atoms with Gasteiger partial charge in [0.05, 0.1) is 24.9 Å². The minimum Gasteiger partial charge on any atom is -0.376 e. The Morgan fingerprint density at radius 3 is 2.79 bits per heavy atom. The highest BCUT2D eigenvalue weighted by atomic mass is 16.6. The van der Waals surface area contributed by atoms with Crippen LogP contribution in [0.4, 0.5) is 0 Å². The van der Waals surface area contributed by atoms with Gasteiger partial charge >= 0.3 is 0 Å². The minimum atomic E-state index is 0.222. The molecule has 1 saturated carbocycles. The number of hydrogen-bond acceptors (Lipinski definition) is 4. The Hall–Kier alpha value is -0.160. The van der Waals surface area contributed by atoms with Crippen LogP contribution in [-0.4, -0.2) is 50.7 Å². The molecule has 0 spiro atoms. The Morgan fingerprint density at radius 2 is 2.11 bits per heavy atom. The van der Waals surface area contributed by atoms with E-state index in [4.69, 9.17) is 14.2 Å². The average Bonchev–Trinajstić information content (AvgIpc) is 2.44. The molecule has 4 unspecified atom stereocenters. The molecule has 4 heteroatoms. The molecule has 1 heterocycles. The fraction of sp³-hybridized carbons (Fsp3) is 1.00. The van der Waals surface area contributed by atoms with Crippen LogP contribution >= 0.6 is 0 Å². The summed E-state index contributed by atoms with van der Waals surface area (Å²) >= 11 is 0. The first-order chi connectivity index (χ1) is 9.35. The van der Waals surface area contributed by atoms with Gasteiger partial charge in [-0.3, -0.25) is 0 Å². The van der Waals surface area contributed by atoms with Crippen LogP contribution in [0.25, 0.3) is 0 Å². The maximum Gasteiger partial charge on any atom is 0.0990 e. The number of rotatable bonds is 8. The minimum absolute atomic E-state index is 0.222. The fourth-order valence-electron chi connectivity index (χ4n) is 2.86. The lowest BCUT2D eigenvalue weighted by Gasteiger charge is -2.44. The van der Waals surface area contributed by atoms with Crippen LogP contribution in [0.1, 0.15) is 46.0 Å². The van der Waals surface area contributed by atoms with Crippen molar-refractivity contribution in [3.05, 3.63) is 0 Å². The van der Waals surface area contributed by atoms with Crippen LogP contribution in [0.15, 0.2) is 0 Å². The Kier molecular flexibility index (Phi) is 6.57. The third-order valence-electron chi connectivity index (χ3n) is 4.04. The summed E-state index contributed by atoms with van der Waals surface area (Å²) in [6.07, 6.45) is 6.62. The summed E-state index contributed by atoms with van der Waals surface area (Å²) in [5, 5.41) is 3.54.